The number of benzene rings is 2. The number of hydrogen-bond acceptors (Lipinski definition) is 2. The highest BCUT2D eigenvalue weighted by Crippen LogP contribution is 2.20. The minimum atomic E-state index is -0.0851. The van der Waals surface area contributed by atoms with Crippen LogP contribution >= 0.6 is 0 Å². The summed E-state index contributed by atoms with van der Waals surface area (Å²) in [5, 5.41) is 5.39. The molecule has 0 aliphatic carbocycles. The van der Waals surface area contributed by atoms with Gasteiger partial charge in [-0.2, -0.15) is 0 Å². The first kappa shape index (κ1) is 13.3. The van der Waals surface area contributed by atoms with Crippen LogP contribution in [0.3, 0.4) is 0 Å². The summed E-state index contributed by atoms with van der Waals surface area (Å²) in [6, 6.07) is 17.8. The number of pyridine rings is 1. The molecule has 3 rings (SSSR count). The summed E-state index contributed by atoms with van der Waals surface area (Å²) in [5.74, 6) is -0.0851. The maximum atomic E-state index is 12.2. The van der Waals surface area contributed by atoms with Gasteiger partial charge in [-0.1, -0.05) is 36.4 Å². The van der Waals surface area contributed by atoms with Crippen molar-refractivity contribution < 1.29 is 4.79 Å². The van der Waals surface area contributed by atoms with E-state index in [0.29, 0.717) is 5.56 Å². The molecule has 0 aliphatic rings. The lowest BCUT2D eigenvalue weighted by Gasteiger charge is -2.15. The van der Waals surface area contributed by atoms with Gasteiger partial charge in [-0.25, -0.2) is 0 Å². The molecule has 3 nitrogen and oxygen atoms in total. The molecule has 0 fully saturated rings. The maximum absolute atomic E-state index is 12.2. The van der Waals surface area contributed by atoms with Crippen LogP contribution < -0.4 is 5.32 Å². The molecule has 2 aromatic carbocycles. The van der Waals surface area contributed by atoms with E-state index in [1.807, 2.05) is 19.1 Å². The average Bonchev–Trinajstić information content (AvgIpc) is 2.55. The van der Waals surface area contributed by atoms with Crippen molar-refractivity contribution in [2.24, 2.45) is 0 Å². The molecule has 0 radical (unpaired) electrons. The fourth-order valence-corrected chi connectivity index (χ4v) is 2.34. The summed E-state index contributed by atoms with van der Waals surface area (Å²) in [6.07, 6.45) is 3.24. The Morgan fingerprint density at radius 2 is 1.71 bits per heavy atom. The topological polar surface area (TPSA) is 42.0 Å². The highest BCUT2D eigenvalue weighted by Gasteiger charge is 2.11. The summed E-state index contributed by atoms with van der Waals surface area (Å²) in [7, 11) is 0. The van der Waals surface area contributed by atoms with Crippen LogP contribution in [0.2, 0.25) is 0 Å². The number of hydrogen-bond donors (Lipinski definition) is 1. The first-order valence-corrected chi connectivity index (χ1v) is 6.93. The second-order valence-electron chi connectivity index (χ2n) is 5.04. The predicted molar refractivity (Wildman–Crippen MR) is 84.1 cm³/mol. The Bertz CT molecular complexity index is 768. The van der Waals surface area contributed by atoms with Gasteiger partial charge in [0.15, 0.2) is 0 Å². The van der Waals surface area contributed by atoms with E-state index in [-0.39, 0.29) is 11.9 Å². The van der Waals surface area contributed by atoms with Crippen molar-refractivity contribution in [2.45, 2.75) is 13.0 Å². The molecule has 1 heterocycles. The quantitative estimate of drug-likeness (QED) is 0.792. The van der Waals surface area contributed by atoms with E-state index in [9.17, 15) is 4.79 Å². The van der Waals surface area contributed by atoms with Crippen LogP contribution in [0.4, 0.5) is 0 Å². The fourth-order valence-electron chi connectivity index (χ4n) is 2.34. The normalized spacial score (nSPS) is 12.0. The molecular weight excluding hydrogens is 260 g/mol. The molecule has 1 N–H and O–H groups in total. The SMILES string of the molecule is C[C@H](NC(=O)c1ccncc1)c1ccc2ccccc2c1. The number of nitrogens with zero attached hydrogens (tertiary/aromatic N) is 1. The predicted octanol–water partition coefficient (Wildman–Crippen LogP) is 3.73. The third kappa shape index (κ3) is 2.92. The maximum Gasteiger partial charge on any atom is 0.251 e. The van der Waals surface area contributed by atoms with E-state index in [4.69, 9.17) is 0 Å². The first-order valence-electron chi connectivity index (χ1n) is 6.93. The molecular formula is C18H16N2O. The molecule has 0 spiro atoms. The third-order valence-corrected chi connectivity index (χ3v) is 3.56. The lowest BCUT2D eigenvalue weighted by molar-refractivity contribution is 0.0940. The molecule has 21 heavy (non-hydrogen) atoms. The Balaban J connectivity index is 1.80. The Labute approximate surface area is 123 Å². The van der Waals surface area contributed by atoms with E-state index < -0.39 is 0 Å². The molecule has 0 saturated heterocycles. The van der Waals surface area contributed by atoms with Gasteiger partial charge in [-0.15, -0.1) is 0 Å². The second kappa shape index (κ2) is 5.75. The van der Waals surface area contributed by atoms with Crippen LogP contribution in [0.5, 0.6) is 0 Å². The van der Waals surface area contributed by atoms with E-state index in [2.05, 4.69) is 40.6 Å². The van der Waals surface area contributed by atoms with Crippen molar-refractivity contribution in [1.82, 2.24) is 10.3 Å². The number of amides is 1. The summed E-state index contributed by atoms with van der Waals surface area (Å²) in [5.41, 5.74) is 1.72. The molecule has 1 amide bonds. The number of rotatable bonds is 3. The van der Waals surface area contributed by atoms with Crippen LogP contribution in [0.15, 0.2) is 67.0 Å². The van der Waals surface area contributed by atoms with Crippen molar-refractivity contribution in [1.29, 1.82) is 0 Å². The Hall–Kier alpha value is -2.68. The molecule has 0 bridgehead atoms. The smallest absolute Gasteiger partial charge is 0.251 e. The minimum Gasteiger partial charge on any atom is -0.346 e. The molecule has 104 valence electrons. The summed E-state index contributed by atoms with van der Waals surface area (Å²) in [4.78, 5) is 16.1. The molecule has 1 atom stereocenters. The van der Waals surface area contributed by atoms with E-state index in [1.54, 1.807) is 24.5 Å². The number of fused-ring (bicyclic) bond motifs is 1. The van der Waals surface area contributed by atoms with E-state index >= 15 is 0 Å². The van der Waals surface area contributed by atoms with Gasteiger partial charge in [-0.05, 0) is 41.5 Å². The first-order chi connectivity index (χ1) is 10.2. The zero-order valence-corrected chi connectivity index (χ0v) is 11.8. The summed E-state index contributed by atoms with van der Waals surface area (Å²) in [6.45, 7) is 1.99. The summed E-state index contributed by atoms with van der Waals surface area (Å²) >= 11 is 0. The number of carbonyl (C=O) groups excluding carboxylic acids is 1. The third-order valence-electron chi connectivity index (χ3n) is 3.56. The standard InChI is InChI=1S/C18H16N2O/c1-13(20-18(21)15-8-10-19-11-9-15)16-7-6-14-4-2-3-5-17(14)12-16/h2-13H,1H3,(H,20,21)/t13-/m0/s1. The van der Waals surface area contributed by atoms with Gasteiger partial charge in [-0.3, -0.25) is 9.78 Å². The van der Waals surface area contributed by atoms with Gasteiger partial charge in [0, 0.05) is 18.0 Å². The molecule has 0 unspecified atom stereocenters. The van der Waals surface area contributed by atoms with Crippen molar-refractivity contribution in [3.8, 4) is 0 Å². The number of nitrogens with one attached hydrogen (secondary N) is 1. The molecule has 0 aliphatic heterocycles. The van der Waals surface area contributed by atoms with Crippen LogP contribution in [-0.4, -0.2) is 10.9 Å². The highest BCUT2D eigenvalue weighted by atomic mass is 16.1. The minimum absolute atomic E-state index is 0.0460. The summed E-state index contributed by atoms with van der Waals surface area (Å²) < 4.78 is 0. The van der Waals surface area contributed by atoms with E-state index in [1.165, 1.54) is 10.8 Å². The number of carbonyl (C=O) groups is 1. The molecule has 3 aromatic rings. The van der Waals surface area contributed by atoms with E-state index in [0.717, 1.165) is 5.56 Å². The fraction of sp³-hybridized carbons (Fsp3) is 0.111. The Morgan fingerprint density at radius 1 is 1.00 bits per heavy atom. The Morgan fingerprint density at radius 3 is 2.48 bits per heavy atom. The molecule has 1 aromatic heterocycles. The van der Waals surface area contributed by atoms with Crippen molar-refractivity contribution in [3.63, 3.8) is 0 Å². The largest absolute Gasteiger partial charge is 0.346 e. The zero-order valence-electron chi connectivity index (χ0n) is 11.8. The van der Waals surface area contributed by atoms with Crippen LogP contribution in [0, 0.1) is 0 Å². The Kier molecular flexibility index (Phi) is 3.65. The van der Waals surface area contributed by atoms with Gasteiger partial charge in [0.05, 0.1) is 6.04 Å². The second-order valence-corrected chi connectivity index (χ2v) is 5.04. The van der Waals surface area contributed by atoms with Crippen LogP contribution in [0.25, 0.3) is 10.8 Å². The number of aromatic nitrogens is 1. The van der Waals surface area contributed by atoms with Crippen molar-refractivity contribution >= 4 is 16.7 Å². The monoisotopic (exact) mass is 276 g/mol. The zero-order chi connectivity index (χ0) is 14.7. The average molecular weight is 276 g/mol. The highest BCUT2D eigenvalue weighted by molar-refractivity contribution is 5.94. The van der Waals surface area contributed by atoms with Crippen LogP contribution in [-0.2, 0) is 0 Å². The van der Waals surface area contributed by atoms with Crippen molar-refractivity contribution in [2.75, 3.05) is 0 Å². The van der Waals surface area contributed by atoms with Gasteiger partial charge in [0.1, 0.15) is 0 Å². The van der Waals surface area contributed by atoms with Gasteiger partial charge in [0.25, 0.3) is 5.91 Å². The van der Waals surface area contributed by atoms with Crippen molar-refractivity contribution in [3.05, 3.63) is 78.1 Å². The lowest BCUT2D eigenvalue weighted by Crippen LogP contribution is -2.26. The lowest BCUT2D eigenvalue weighted by atomic mass is 10.0. The molecule has 0 saturated carbocycles. The van der Waals surface area contributed by atoms with Gasteiger partial charge in [0.2, 0.25) is 0 Å². The van der Waals surface area contributed by atoms with Gasteiger partial charge < -0.3 is 5.32 Å². The molecule has 3 heteroatoms. The van der Waals surface area contributed by atoms with Gasteiger partial charge >= 0.3 is 0 Å². The van der Waals surface area contributed by atoms with Crippen LogP contribution in [0.1, 0.15) is 28.9 Å².